The number of carbonyl (C=O) groups excluding carboxylic acids is 15. The fourth-order valence-corrected chi connectivity index (χ4v) is 6.92. The van der Waals surface area contributed by atoms with Crippen LogP contribution in [0.15, 0.2) is 12.2 Å². The highest BCUT2D eigenvalue weighted by Gasteiger charge is 2.45. The van der Waals surface area contributed by atoms with E-state index in [1.54, 1.807) is 0 Å². The van der Waals surface area contributed by atoms with Crippen molar-refractivity contribution in [1.29, 1.82) is 0 Å². The molecular formula is C46H70N14O20. The number of ketones is 4. The molecule has 0 unspecified atom stereocenters. The molecule has 0 aromatic carbocycles. The first-order valence-electron chi connectivity index (χ1n) is 24.5. The molecule has 0 saturated carbocycles. The number of rotatable bonds is 33. The number of ether oxygens (including phenoxy) is 1. The van der Waals surface area contributed by atoms with Crippen LogP contribution < -0.4 is 70.8 Å². The molecule has 1 aliphatic rings. The van der Waals surface area contributed by atoms with E-state index < -0.39 is 200 Å². The van der Waals surface area contributed by atoms with Crippen LogP contribution in [0.2, 0.25) is 0 Å². The summed E-state index contributed by atoms with van der Waals surface area (Å²) in [6.45, 7) is 4.78. The fourth-order valence-electron chi connectivity index (χ4n) is 6.92. The summed E-state index contributed by atoms with van der Waals surface area (Å²) in [4.78, 5) is 224. The third-order valence-electron chi connectivity index (χ3n) is 11.3. The van der Waals surface area contributed by atoms with Crippen LogP contribution in [0.5, 0.6) is 0 Å². The molecule has 0 fully saturated rings. The van der Waals surface area contributed by atoms with Crippen molar-refractivity contribution in [1.82, 2.24) is 52.8 Å². The average molecular weight is 1140 g/mol. The second-order valence-electron chi connectivity index (χ2n) is 18.2. The minimum atomic E-state index is -2.53. The van der Waals surface area contributed by atoms with Crippen molar-refractivity contribution in [3.8, 4) is 0 Å². The Morgan fingerprint density at radius 3 is 1.66 bits per heavy atom. The van der Waals surface area contributed by atoms with Crippen LogP contribution in [0.25, 0.3) is 0 Å². The Balaban J connectivity index is 4.04. The number of carboxylic acid groups (broad SMARTS) is 2. The molecule has 34 nitrogen and oxygen atoms in total. The first-order chi connectivity index (χ1) is 37.4. The number of carbonyl (C=O) groups is 17. The predicted octanol–water partition coefficient (Wildman–Crippen LogP) is -9.63. The van der Waals surface area contributed by atoms with Crippen LogP contribution in [-0.2, 0) is 86.2 Å². The Hall–Kier alpha value is -8.15. The van der Waals surface area contributed by atoms with E-state index in [9.17, 15) is 86.6 Å². The molecule has 444 valence electrons. The van der Waals surface area contributed by atoms with E-state index in [0.717, 1.165) is 41.7 Å². The van der Waals surface area contributed by atoms with Crippen LogP contribution >= 0.6 is 0 Å². The molecule has 14 atom stereocenters. The van der Waals surface area contributed by atoms with Gasteiger partial charge in [-0.15, -0.1) is 0 Å². The van der Waals surface area contributed by atoms with Crippen LogP contribution in [0.4, 0.5) is 0 Å². The monoisotopic (exact) mass is 1140 g/mol. The number of carboxylic acids is 2. The lowest BCUT2D eigenvalue weighted by Gasteiger charge is -2.34. The summed E-state index contributed by atoms with van der Waals surface area (Å²) >= 11 is 0. The van der Waals surface area contributed by atoms with E-state index in [-0.39, 0.29) is 31.7 Å². The second kappa shape index (κ2) is 34.0. The SMILES string of the molecule is COC(=O)[C@@H](NC(=O)[C@@H](NC(=O)[C@H](NC(=O)[C@H](NC(=O)[C@H](C(=O)[C@H](C)N)N1C/C=C/CCC(=O)N[C@@H](N[C@@H](C=O)CCC(=O)O)C(=O)N[C@@H](C(=O)[C@H](C)N)C1=O)N[C@@H](C)C=O)N[C@@H](C)C=O)C(=O)[C@@H](N)CCC(=O)O)C(=O)[C@H](C)N. The van der Waals surface area contributed by atoms with Crippen LogP contribution in [0, 0.1) is 0 Å². The lowest BCUT2D eigenvalue weighted by Crippen LogP contribution is -2.69. The van der Waals surface area contributed by atoms with Crippen molar-refractivity contribution in [2.24, 2.45) is 22.9 Å². The summed E-state index contributed by atoms with van der Waals surface area (Å²) in [6.07, 6.45) is -6.33. The van der Waals surface area contributed by atoms with Gasteiger partial charge in [0.25, 0.3) is 35.4 Å². The number of aliphatic carboxylic acids is 2. The van der Waals surface area contributed by atoms with Gasteiger partial charge < -0.3 is 89.1 Å². The quantitative estimate of drug-likeness (QED) is 0.00954. The van der Waals surface area contributed by atoms with Gasteiger partial charge in [0.05, 0.1) is 49.4 Å². The highest BCUT2D eigenvalue weighted by Crippen LogP contribution is 2.13. The normalized spacial score (nSPS) is 19.9. The lowest BCUT2D eigenvalue weighted by molar-refractivity contribution is -0.151. The summed E-state index contributed by atoms with van der Waals surface area (Å²) in [5, 5.41) is 37.9. The number of nitrogens with zero attached hydrogens (tertiary/aromatic N) is 1. The maximum absolute atomic E-state index is 14.7. The van der Waals surface area contributed by atoms with E-state index in [1.165, 1.54) is 12.2 Å². The molecule has 0 saturated heterocycles. The van der Waals surface area contributed by atoms with Crippen molar-refractivity contribution >= 4 is 101 Å². The smallest absolute Gasteiger partial charge is 0.336 e. The van der Waals surface area contributed by atoms with E-state index in [0.29, 0.717) is 4.90 Å². The second-order valence-corrected chi connectivity index (χ2v) is 18.2. The standard InChI is InChI=1S/C46H70N14O20/c1-19(16-61)51-37(42(75)55-29(36(72)25(50)12-14-28(67)68)40(73)57-31(46(79)80-6)34(70)22(4)48)59-44(77)38(52-20(2)17-62)58-41(74)32(35(71)23(5)49)60-15-9-7-8-10-26(64)54-39(53-24(18-63)11-13-27(65)66)43(76)56-30(45(60)78)33(69)21(3)47/h7,9,16-25,29-32,37-39,51-53H,8,10-15,47-50H2,1-6H3,(H,54,64)(H,55,75)(H,56,76)(H,57,73)(H,58,74)(H,59,77)(H,65,66)(H,67,68)/b9-7+/t19-,20-,21-,22-,23-,24+,25-,29-,30-,31-,32-,37-,38-,39+/m0/s1. The van der Waals surface area contributed by atoms with E-state index in [1.807, 2.05) is 10.6 Å². The Bertz CT molecular complexity index is 2380. The number of aldehydes is 3. The molecule has 0 aromatic rings. The molecule has 34 heteroatoms. The maximum Gasteiger partial charge on any atom is 0.336 e. The Labute approximate surface area is 456 Å². The fraction of sp³-hybridized carbons (Fsp3) is 0.587. The van der Waals surface area contributed by atoms with Crippen LogP contribution in [0.1, 0.15) is 73.1 Å². The molecule has 0 radical (unpaired) electrons. The first-order valence-corrected chi connectivity index (χ1v) is 24.5. The summed E-state index contributed by atoms with van der Waals surface area (Å²) in [5.74, 6) is -19.4. The third-order valence-corrected chi connectivity index (χ3v) is 11.3. The third kappa shape index (κ3) is 22.3. The van der Waals surface area contributed by atoms with Crippen molar-refractivity contribution < 1.29 is 96.5 Å². The summed E-state index contributed by atoms with van der Waals surface area (Å²) in [6, 6.07) is -20.4. The minimum absolute atomic E-state index is 0.155. The molecule has 7 amide bonds. The van der Waals surface area contributed by atoms with E-state index in [2.05, 4.69) is 42.0 Å². The summed E-state index contributed by atoms with van der Waals surface area (Å²) in [7, 11) is 0.826. The van der Waals surface area contributed by atoms with Gasteiger partial charge in [0, 0.05) is 25.8 Å². The predicted molar refractivity (Wildman–Crippen MR) is 270 cm³/mol. The zero-order chi connectivity index (χ0) is 61.3. The number of esters is 1. The number of allylic oxidation sites excluding steroid dienone is 1. The molecule has 0 bridgehead atoms. The summed E-state index contributed by atoms with van der Waals surface area (Å²) < 4.78 is 4.55. The van der Waals surface area contributed by atoms with E-state index >= 15 is 0 Å². The van der Waals surface area contributed by atoms with Gasteiger partial charge in [0.1, 0.15) is 18.9 Å². The maximum atomic E-state index is 14.7. The molecular weight excluding hydrogens is 1070 g/mol. The number of hydrogen-bond donors (Lipinski definition) is 15. The Kier molecular flexibility index (Phi) is 29.7. The Morgan fingerprint density at radius 1 is 0.662 bits per heavy atom. The highest BCUT2D eigenvalue weighted by atomic mass is 16.5. The van der Waals surface area contributed by atoms with Gasteiger partial charge in [0.2, 0.25) is 5.91 Å². The number of Topliss-reactive ketones (excluding diaryl/α,β-unsaturated/α-hetero) is 4. The minimum Gasteiger partial charge on any atom is -0.481 e. The van der Waals surface area contributed by atoms with Crippen LogP contribution in [0.3, 0.4) is 0 Å². The first kappa shape index (κ1) is 69.9. The average Bonchev–Trinajstić information content (AvgIpc) is 3.40. The van der Waals surface area contributed by atoms with Crippen molar-refractivity contribution in [2.45, 2.75) is 158 Å². The van der Waals surface area contributed by atoms with Crippen molar-refractivity contribution in [3.05, 3.63) is 12.2 Å². The van der Waals surface area contributed by atoms with Gasteiger partial charge in [0.15, 0.2) is 65.8 Å². The number of nitrogens with two attached hydrogens (primary N) is 4. The molecule has 80 heavy (non-hydrogen) atoms. The zero-order valence-electron chi connectivity index (χ0n) is 44.4. The van der Waals surface area contributed by atoms with Gasteiger partial charge in [-0.1, -0.05) is 12.2 Å². The van der Waals surface area contributed by atoms with Gasteiger partial charge >= 0.3 is 17.9 Å². The van der Waals surface area contributed by atoms with Crippen molar-refractivity contribution in [3.63, 3.8) is 0 Å². The molecule has 19 N–H and O–H groups in total. The van der Waals surface area contributed by atoms with Gasteiger partial charge in [-0.3, -0.25) is 78.3 Å². The van der Waals surface area contributed by atoms with Gasteiger partial charge in [-0.05, 0) is 53.9 Å². The Morgan fingerprint density at radius 2 is 1.18 bits per heavy atom. The molecule has 0 spiro atoms. The molecule has 1 heterocycles. The van der Waals surface area contributed by atoms with E-state index in [4.69, 9.17) is 28.0 Å². The number of hydrogen-bond acceptors (Lipinski definition) is 25. The number of methoxy groups -OCH3 is 1. The summed E-state index contributed by atoms with van der Waals surface area (Å²) in [5.41, 5.74) is 23.3. The molecule has 1 aliphatic heterocycles. The molecule has 0 aliphatic carbocycles. The van der Waals surface area contributed by atoms with Crippen molar-refractivity contribution in [2.75, 3.05) is 13.7 Å². The number of amides is 7. The molecule has 0 aromatic heterocycles. The molecule has 1 rings (SSSR count). The zero-order valence-corrected chi connectivity index (χ0v) is 44.4. The number of nitrogens with one attached hydrogen (secondary N) is 9. The van der Waals surface area contributed by atoms with Crippen LogP contribution in [-0.4, -0.2) is 215 Å². The lowest BCUT2D eigenvalue weighted by atomic mass is 9.99. The largest absolute Gasteiger partial charge is 0.481 e. The van der Waals surface area contributed by atoms with Gasteiger partial charge in [-0.2, -0.15) is 0 Å². The topological polar surface area (TPSA) is 555 Å². The highest BCUT2D eigenvalue weighted by molar-refractivity contribution is 6.16. The van der Waals surface area contributed by atoms with Gasteiger partial charge in [-0.25, -0.2) is 4.79 Å².